The molecule has 2 aromatic rings. The summed E-state index contributed by atoms with van der Waals surface area (Å²) in [5.41, 5.74) is 1.71. The van der Waals surface area contributed by atoms with Gasteiger partial charge < -0.3 is 10.2 Å². The van der Waals surface area contributed by atoms with Crippen molar-refractivity contribution in [3.8, 4) is 0 Å². The van der Waals surface area contributed by atoms with Gasteiger partial charge in [-0.2, -0.15) is 0 Å². The number of hydrogen-bond donors (Lipinski definition) is 1. The molecule has 5 nitrogen and oxygen atoms in total. The number of carbonyl (C=O) groups is 1. The maximum Gasteiger partial charge on any atom is 0.249 e. The number of aromatic nitrogens is 2. The average Bonchev–Trinajstić information content (AvgIpc) is 2.79. The van der Waals surface area contributed by atoms with Gasteiger partial charge in [0.2, 0.25) is 5.91 Å². The monoisotopic (exact) mass is 316 g/mol. The molecule has 1 aliphatic rings. The molecule has 3 rings (SSSR count). The topological polar surface area (TPSA) is 58.1 Å². The van der Waals surface area contributed by atoms with Crippen LogP contribution in [0.25, 0.3) is 0 Å². The molecule has 1 N–H and O–H groups in total. The first kappa shape index (κ1) is 14.8. The van der Waals surface area contributed by atoms with Gasteiger partial charge in [-0.05, 0) is 38.5 Å². The number of hydrogen-bond acceptors (Lipinski definition) is 4. The van der Waals surface area contributed by atoms with Crippen molar-refractivity contribution in [1.29, 1.82) is 0 Å². The van der Waals surface area contributed by atoms with E-state index in [1.165, 1.54) is 0 Å². The molecular formula is C16H17ClN4O. The quantitative estimate of drug-likeness (QED) is 0.946. The van der Waals surface area contributed by atoms with Gasteiger partial charge in [-0.25, -0.2) is 9.97 Å². The van der Waals surface area contributed by atoms with E-state index in [-0.39, 0.29) is 11.9 Å². The Bertz CT molecular complexity index is 699. The van der Waals surface area contributed by atoms with Gasteiger partial charge in [-0.1, -0.05) is 17.7 Å². The van der Waals surface area contributed by atoms with Crippen LogP contribution in [-0.2, 0) is 4.79 Å². The minimum Gasteiger partial charge on any atom is -0.358 e. The van der Waals surface area contributed by atoms with Crippen LogP contribution >= 0.6 is 11.6 Å². The number of nitrogens with one attached hydrogen (secondary N) is 1. The number of carbonyl (C=O) groups excluding carboxylic acids is 1. The Morgan fingerprint density at radius 3 is 2.82 bits per heavy atom. The molecule has 114 valence electrons. The van der Waals surface area contributed by atoms with Crippen LogP contribution in [0, 0.1) is 13.8 Å². The summed E-state index contributed by atoms with van der Waals surface area (Å²) in [5.74, 6) is 1.42. The summed E-state index contributed by atoms with van der Waals surface area (Å²) in [7, 11) is 0. The first-order valence-electron chi connectivity index (χ1n) is 7.19. The summed E-state index contributed by atoms with van der Waals surface area (Å²) in [6, 6.07) is 8.93. The van der Waals surface area contributed by atoms with Crippen molar-refractivity contribution in [3.63, 3.8) is 0 Å². The molecule has 1 saturated heterocycles. The van der Waals surface area contributed by atoms with Crippen LogP contribution in [0.2, 0.25) is 5.02 Å². The van der Waals surface area contributed by atoms with Crippen molar-refractivity contribution in [2.24, 2.45) is 0 Å². The molecule has 1 aromatic carbocycles. The highest BCUT2D eigenvalue weighted by Gasteiger charge is 2.32. The maximum absolute atomic E-state index is 12.6. The lowest BCUT2D eigenvalue weighted by molar-refractivity contribution is -0.117. The number of benzene rings is 1. The van der Waals surface area contributed by atoms with Crippen molar-refractivity contribution in [1.82, 2.24) is 9.97 Å². The minimum absolute atomic E-state index is 0.0381. The van der Waals surface area contributed by atoms with Crippen molar-refractivity contribution >= 4 is 29.0 Å². The summed E-state index contributed by atoms with van der Waals surface area (Å²) >= 11 is 6.00. The molecule has 1 atom stereocenters. The van der Waals surface area contributed by atoms with Crippen LogP contribution in [0.4, 0.5) is 11.5 Å². The number of anilines is 2. The molecule has 1 aliphatic heterocycles. The average molecular weight is 317 g/mol. The van der Waals surface area contributed by atoms with Crippen LogP contribution in [0.15, 0.2) is 30.3 Å². The Balaban J connectivity index is 1.76. The fourth-order valence-corrected chi connectivity index (χ4v) is 2.87. The van der Waals surface area contributed by atoms with Crippen molar-refractivity contribution in [3.05, 3.63) is 46.9 Å². The first-order chi connectivity index (χ1) is 10.5. The van der Waals surface area contributed by atoms with E-state index in [1.54, 1.807) is 17.0 Å². The molecule has 22 heavy (non-hydrogen) atoms. The molecular weight excluding hydrogens is 300 g/mol. The molecule has 2 heterocycles. The summed E-state index contributed by atoms with van der Waals surface area (Å²) in [4.78, 5) is 22.9. The second-order valence-electron chi connectivity index (χ2n) is 5.40. The SMILES string of the molecule is Cc1cc(NC2CCN(c3cccc(Cl)c3)C2=O)nc(C)n1. The Kier molecular flexibility index (Phi) is 3.98. The van der Waals surface area contributed by atoms with Gasteiger partial charge in [0.1, 0.15) is 17.7 Å². The van der Waals surface area contributed by atoms with Crippen LogP contribution in [-0.4, -0.2) is 28.5 Å². The smallest absolute Gasteiger partial charge is 0.249 e. The molecule has 1 aromatic heterocycles. The normalized spacial score (nSPS) is 17.9. The van der Waals surface area contributed by atoms with Gasteiger partial charge in [0, 0.05) is 29.0 Å². The lowest BCUT2D eigenvalue weighted by Gasteiger charge is -2.18. The molecule has 0 aliphatic carbocycles. The summed E-state index contributed by atoms with van der Waals surface area (Å²) in [6.45, 7) is 4.42. The summed E-state index contributed by atoms with van der Waals surface area (Å²) in [6.07, 6.45) is 0.730. The lowest BCUT2D eigenvalue weighted by Crippen LogP contribution is -2.33. The van der Waals surface area contributed by atoms with E-state index < -0.39 is 0 Å². The fourth-order valence-electron chi connectivity index (χ4n) is 2.68. The van der Waals surface area contributed by atoms with E-state index >= 15 is 0 Å². The van der Waals surface area contributed by atoms with E-state index in [4.69, 9.17) is 11.6 Å². The third kappa shape index (κ3) is 3.04. The van der Waals surface area contributed by atoms with E-state index in [0.717, 1.165) is 17.8 Å². The molecule has 1 fully saturated rings. The first-order valence-corrected chi connectivity index (χ1v) is 7.56. The molecule has 0 spiro atoms. The fraction of sp³-hybridized carbons (Fsp3) is 0.312. The lowest BCUT2D eigenvalue weighted by atomic mass is 10.2. The number of amides is 1. The zero-order chi connectivity index (χ0) is 15.7. The zero-order valence-corrected chi connectivity index (χ0v) is 13.3. The highest BCUT2D eigenvalue weighted by atomic mass is 35.5. The van der Waals surface area contributed by atoms with Crippen LogP contribution in [0.5, 0.6) is 0 Å². The minimum atomic E-state index is -0.271. The van der Waals surface area contributed by atoms with Crippen molar-refractivity contribution < 1.29 is 4.79 Å². The van der Waals surface area contributed by atoms with Crippen LogP contribution in [0.1, 0.15) is 17.9 Å². The van der Waals surface area contributed by atoms with Gasteiger partial charge in [0.25, 0.3) is 0 Å². The maximum atomic E-state index is 12.6. The van der Waals surface area contributed by atoms with E-state index in [1.807, 2.05) is 32.0 Å². The van der Waals surface area contributed by atoms with Crippen molar-refractivity contribution in [2.45, 2.75) is 26.3 Å². The van der Waals surface area contributed by atoms with Crippen LogP contribution in [0.3, 0.4) is 0 Å². The molecule has 1 amide bonds. The number of rotatable bonds is 3. The highest BCUT2D eigenvalue weighted by Crippen LogP contribution is 2.25. The molecule has 0 radical (unpaired) electrons. The van der Waals surface area contributed by atoms with Gasteiger partial charge >= 0.3 is 0 Å². The molecule has 0 bridgehead atoms. The number of nitrogens with zero attached hydrogens (tertiary/aromatic N) is 3. The second kappa shape index (κ2) is 5.93. The summed E-state index contributed by atoms with van der Waals surface area (Å²) < 4.78 is 0. The molecule has 1 unspecified atom stereocenters. The largest absolute Gasteiger partial charge is 0.358 e. The molecule has 0 saturated carbocycles. The van der Waals surface area contributed by atoms with Gasteiger partial charge in [0.05, 0.1) is 0 Å². The van der Waals surface area contributed by atoms with Crippen molar-refractivity contribution in [2.75, 3.05) is 16.8 Å². The Morgan fingerprint density at radius 1 is 1.27 bits per heavy atom. The summed E-state index contributed by atoms with van der Waals surface area (Å²) in [5, 5.41) is 3.84. The highest BCUT2D eigenvalue weighted by molar-refractivity contribution is 6.31. The standard InChI is InChI=1S/C16H17ClN4O/c1-10-8-15(19-11(2)18-10)20-14-6-7-21(16(14)22)13-5-3-4-12(17)9-13/h3-5,8-9,14H,6-7H2,1-2H3,(H,18,19,20). The van der Waals surface area contributed by atoms with E-state index in [2.05, 4.69) is 15.3 Å². The van der Waals surface area contributed by atoms with Gasteiger partial charge in [-0.15, -0.1) is 0 Å². The van der Waals surface area contributed by atoms with E-state index in [9.17, 15) is 4.79 Å². The third-order valence-electron chi connectivity index (χ3n) is 3.61. The number of aryl methyl sites for hydroxylation is 2. The predicted octanol–water partition coefficient (Wildman–Crippen LogP) is 2.96. The molecule has 6 heteroatoms. The second-order valence-corrected chi connectivity index (χ2v) is 5.83. The Labute approximate surface area is 134 Å². The van der Waals surface area contributed by atoms with E-state index in [0.29, 0.717) is 23.2 Å². The zero-order valence-electron chi connectivity index (χ0n) is 12.5. The van der Waals surface area contributed by atoms with Crippen LogP contribution < -0.4 is 10.2 Å². The van der Waals surface area contributed by atoms with Gasteiger partial charge in [-0.3, -0.25) is 4.79 Å². The third-order valence-corrected chi connectivity index (χ3v) is 3.85. The van der Waals surface area contributed by atoms with Gasteiger partial charge in [0.15, 0.2) is 0 Å². The number of halogens is 1. The Morgan fingerprint density at radius 2 is 2.09 bits per heavy atom. The predicted molar refractivity (Wildman–Crippen MR) is 87.3 cm³/mol. The Hall–Kier alpha value is -2.14.